The van der Waals surface area contributed by atoms with Gasteiger partial charge in [-0.2, -0.15) is 4.31 Å². The quantitative estimate of drug-likeness (QED) is 0.601. The predicted molar refractivity (Wildman–Crippen MR) is 126 cm³/mol. The molecule has 9 heteroatoms. The van der Waals surface area contributed by atoms with Gasteiger partial charge in [-0.1, -0.05) is 35.6 Å². The Bertz CT molecular complexity index is 1240. The fourth-order valence-electron chi connectivity index (χ4n) is 3.91. The lowest BCUT2D eigenvalue weighted by molar-refractivity contribution is 0.102. The number of rotatable bonds is 5. The summed E-state index contributed by atoms with van der Waals surface area (Å²) in [6, 6.07) is 12.9. The van der Waals surface area contributed by atoms with Crippen LogP contribution in [0.1, 0.15) is 50.3 Å². The number of amides is 1. The maximum absolute atomic E-state index is 13.4. The zero-order valence-corrected chi connectivity index (χ0v) is 20.0. The van der Waals surface area contributed by atoms with Gasteiger partial charge in [-0.3, -0.25) is 4.79 Å². The van der Waals surface area contributed by atoms with Crippen LogP contribution in [0.3, 0.4) is 0 Å². The van der Waals surface area contributed by atoms with E-state index in [0.29, 0.717) is 28.7 Å². The summed E-state index contributed by atoms with van der Waals surface area (Å²) >= 11 is 1.23. The van der Waals surface area contributed by atoms with Gasteiger partial charge < -0.3 is 5.32 Å². The molecule has 3 aromatic rings. The number of carbonyl (C=O) groups excluding carboxylic acids is 1. The van der Waals surface area contributed by atoms with E-state index in [1.165, 1.54) is 11.3 Å². The molecule has 0 saturated carbocycles. The highest BCUT2D eigenvalue weighted by molar-refractivity contribution is 7.89. The molecule has 32 heavy (non-hydrogen) atoms. The van der Waals surface area contributed by atoms with Crippen LogP contribution in [0.2, 0.25) is 0 Å². The number of aromatic nitrogens is 2. The summed E-state index contributed by atoms with van der Waals surface area (Å²) in [6.45, 7) is 6.56. The average molecular weight is 471 g/mol. The Morgan fingerprint density at radius 1 is 1.06 bits per heavy atom. The lowest BCUT2D eigenvalue weighted by Crippen LogP contribution is -2.39. The van der Waals surface area contributed by atoms with E-state index in [2.05, 4.69) is 15.5 Å². The number of sulfonamides is 1. The summed E-state index contributed by atoms with van der Waals surface area (Å²) in [5.74, 6) is -0.396. The number of nitrogens with one attached hydrogen (secondary N) is 1. The van der Waals surface area contributed by atoms with Gasteiger partial charge in [0.15, 0.2) is 0 Å². The first-order chi connectivity index (χ1) is 15.3. The second-order valence-corrected chi connectivity index (χ2v) is 11.1. The Balaban J connectivity index is 1.51. The van der Waals surface area contributed by atoms with Gasteiger partial charge in [0.05, 0.1) is 4.90 Å². The molecule has 1 fully saturated rings. The van der Waals surface area contributed by atoms with Gasteiger partial charge >= 0.3 is 0 Å². The number of benzene rings is 2. The van der Waals surface area contributed by atoms with E-state index in [1.807, 2.05) is 45.0 Å². The Morgan fingerprint density at radius 3 is 2.53 bits per heavy atom. The van der Waals surface area contributed by atoms with Crippen LogP contribution >= 0.6 is 11.3 Å². The minimum Gasteiger partial charge on any atom is -0.320 e. The molecule has 1 N–H and O–H groups in total. The van der Waals surface area contributed by atoms with E-state index < -0.39 is 10.0 Å². The molecule has 168 valence electrons. The highest BCUT2D eigenvalue weighted by Crippen LogP contribution is 2.33. The summed E-state index contributed by atoms with van der Waals surface area (Å²) in [6.07, 6.45) is 1.55. The van der Waals surface area contributed by atoms with E-state index in [-0.39, 0.29) is 16.8 Å². The second kappa shape index (κ2) is 9.09. The average Bonchev–Trinajstić information content (AvgIpc) is 3.27. The van der Waals surface area contributed by atoms with E-state index in [9.17, 15) is 13.2 Å². The monoisotopic (exact) mass is 470 g/mol. The number of anilines is 1. The molecule has 4 rings (SSSR count). The van der Waals surface area contributed by atoms with Crippen molar-refractivity contribution in [3.8, 4) is 0 Å². The summed E-state index contributed by atoms with van der Waals surface area (Å²) in [5.41, 5.74) is 3.48. The number of para-hydroxylation sites is 1. The predicted octanol–water partition coefficient (Wildman–Crippen LogP) is 4.28. The topological polar surface area (TPSA) is 92.3 Å². The van der Waals surface area contributed by atoms with Crippen LogP contribution in [0.4, 0.5) is 5.69 Å². The summed E-state index contributed by atoms with van der Waals surface area (Å²) in [7, 11) is -3.61. The number of carbonyl (C=O) groups is 1. The van der Waals surface area contributed by atoms with Gasteiger partial charge in [-0.05, 0) is 68.5 Å². The third-order valence-corrected chi connectivity index (χ3v) is 8.90. The smallest absolute Gasteiger partial charge is 0.286 e. The van der Waals surface area contributed by atoms with Crippen molar-refractivity contribution in [1.82, 2.24) is 14.5 Å². The van der Waals surface area contributed by atoms with E-state index in [4.69, 9.17) is 0 Å². The van der Waals surface area contributed by atoms with Gasteiger partial charge in [-0.15, -0.1) is 10.2 Å². The molecule has 0 aliphatic carbocycles. The van der Waals surface area contributed by atoms with E-state index in [1.54, 1.807) is 22.5 Å². The SMILES string of the molecule is Cc1cc(C)c(S(=O)(=O)N2CCCC(c3nnc(C(=O)Nc4ccccc4)s3)C2)cc1C. The summed E-state index contributed by atoms with van der Waals surface area (Å²) in [5, 5.41) is 12.1. The maximum Gasteiger partial charge on any atom is 0.286 e. The molecule has 1 unspecified atom stereocenters. The third-order valence-electron chi connectivity index (χ3n) is 5.81. The van der Waals surface area contributed by atoms with Gasteiger partial charge in [-0.25, -0.2) is 8.42 Å². The molecule has 2 heterocycles. The van der Waals surface area contributed by atoms with Crippen LogP contribution < -0.4 is 5.32 Å². The van der Waals surface area contributed by atoms with Crippen LogP contribution in [0.5, 0.6) is 0 Å². The Morgan fingerprint density at radius 2 is 1.78 bits per heavy atom. The molecule has 7 nitrogen and oxygen atoms in total. The van der Waals surface area contributed by atoms with Gasteiger partial charge in [0.2, 0.25) is 15.0 Å². The lowest BCUT2D eigenvalue weighted by Gasteiger charge is -2.31. The molecule has 0 bridgehead atoms. The third kappa shape index (κ3) is 4.60. The van der Waals surface area contributed by atoms with Crippen molar-refractivity contribution in [3.63, 3.8) is 0 Å². The van der Waals surface area contributed by atoms with Gasteiger partial charge in [0.25, 0.3) is 5.91 Å². The molecule has 2 aromatic carbocycles. The van der Waals surface area contributed by atoms with Crippen molar-refractivity contribution in [1.29, 1.82) is 0 Å². The van der Waals surface area contributed by atoms with E-state index in [0.717, 1.165) is 29.5 Å². The Labute approximate surface area is 192 Å². The number of nitrogens with zero attached hydrogens (tertiary/aromatic N) is 3. The standard InChI is InChI=1S/C23H26N4O3S2/c1-15-12-17(3)20(13-16(15)2)32(29,30)27-11-7-8-18(14-27)22-25-26-23(31-22)21(28)24-19-9-5-4-6-10-19/h4-6,9-10,12-13,18H,7-8,11,14H2,1-3H3,(H,24,28). The molecule has 1 aliphatic rings. The van der Waals surface area contributed by atoms with Crippen LogP contribution in [0.15, 0.2) is 47.4 Å². The van der Waals surface area contributed by atoms with Gasteiger partial charge in [0, 0.05) is 24.7 Å². The van der Waals surface area contributed by atoms with Crippen molar-refractivity contribution in [3.05, 3.63) is 69.2 Å². The molecule has 1 aliphatic heterocycles. The fraction of sp³-hybridized carbons (Fsp3) is 0.348. The number of hydrogen-bond acceptors (Lipinski definition) is 6. The Kier molecular flexibility index (Phi) is 6.41. The number of hydrogen-bond donors (Lipinski definition) is 1. The normalized spacial score (nSPS) is 17.3. The van der Waals surface area contributed by atoms with Crippen LogP contribution in [0.25, 0.3) is 0 Å². The van der Waals surface area contributed by atoms with Crippen molar-refractivity contribution < 1.29 is 13.2 Å². The van der Waals surface area contributed by atoms with Gasteiger partial charge in [0.1, 0.15) is 5.01 Å². The lowest BCUT2D eigenvalue weighted by atomic mass is 10.0. The van der Waals surface area contributed by atoms with Crippen molar-refractivity contribution in [2.75, 3.05) is 18.4 Å². The zero-order valence-electron chi connectivity index (χ0n) is 18.3. The molecule has 1 amide bonds. The first-order valence-electron chi connectivity index (χ1n) is 10.5. The fourth-order valence-corrected chi connectivity index (χ4v) is 6.59. The second-order valence-electron chi connectivity index (χ2n) is 8.17. The highest BCUT2D eigenvalue weighted by Gasteiger charge is 2.33. The Hall–Kier alpha value is -2.62. The van der Waals surface area contributed by atoms with Crippen molar-refractivity contribution >= 4 is 33.0 Å². The van der Waals surface area contributed by atoms with Crippen LogP contribution in [-0.2, 0) is 10.0 Å². The van der Waals surface area contributed by atoms with Crippen LogP contribution in [0, 0.1) is 20.8 Å². The van der Waals surface area contributed by atoms with Crippen molar-refractivity contribution in [2.24, 2.45) is 0 Å². The minimum absolute atomic E-state index is 0.0823. The molecule has 1 aromatic heterocycles. The molecule has 1 saturated heterocycles. The number of aryl methyl sites for hydroxylation is 3. The molecular formula is C23H26N4O3S2. The highest BCUT2D eigenvalue weighted by atomic mass is 32.2. The molecule has 1 atom stereocenters. The van der Waals surface area contributed by atoms with Crippen molar-refractivity contribution in [2.45, 2.75) is 44.4 Å². The first-order valence-corrected chi connectivity index (χ1v) is 12.8. The molecular weight excluding hydrogens is 444 g/mol. The van der Waals surface area contributed by atoms with E-state index >= 15 is 0 Å². The molecule has 0 spiro atoms. The van der Waals surface area contributed by atoms with Crippen LogP contribution in [-0.4, -0.2) is 41.9 Å². The zero-order chi connectivity index (χ0) is 22.9. The largest absolute Gasteiger partial charge is 0.320 e. The summed E-state index contributed by atoms with van der Waals surface area (Å²) < 4.78 is 28.3. The number of piperidine rings is 1. The first kappa shape index (κ1) is 22.6. The molecule has 0 radical (unpaired) electrons. The summed E-state index contributed by atoms with van der Waals surface area (Å²) in [4.78, 5) is 12.9. The minimum atomic E-state index is -3.61. The maximum atomic E-state index is 13.4.